The normalized spacial score (nSPS) is 26.1. The number of carbonyl (C=O) groups excluding carboxylic acids is 1. The molecule has 2 saturated heterocycles. The first kappa shape index (κ1) is 51.2. The third-order valence-corrected chi connectivity index (χ3v) is 15.3. The number of aliphatic hydroxyl groups excluding tert-OH is 2. The topological polar surface area (TPSA) is 141 Å². The molecule has 1 saturated carbocycles. The molecule has 4 heterocycles. The fourth-order valence-electron chi connectivity index (χ4n) is 11.6. The maximum atomic E-state index is 15.4. The average Bonchev–Trinajstić information content (AvgIpc) is 4.08. The minimum atomic E-state index is -1.37. The molecule has 2 aromatic carbocycles. The highest BCUT2D eigenvalue weighted by atomic mass is 16.8. The Kier molecular flexibility index (Phi) is 19.2. The lowest BCUT2D eigenvalue weighted by atomic mass is 9.55. The van der Waals surface area contributed by atoms with Crippen LogP contribution in [0.1, 0.15) is 152 Å². The summed E-state index contributed by atoms with van der Waals surface area (Å²) in [6.07, 6.45) is 22.3. The molecule has 380 valence electrons. The molecule has 1 amide bonds. The van der Waals surface area contributed by atoms with Crippen LogP contribution in [0.5, 0.6) is 23.0 Å². The highest BCUT2D eigenvalue weighted by molar-refractivity contribution is 6.03. The summed E-state index contributed by atoms with van der Waals surface area (Å²) in [6.45, 7) is 11.6. The van der Waals surface area contributed by atoms with Crippen molar-refractivity contribution in [2.75, 3.05) is 59.5 Å². The quantitative estimate of drug-likeness (QED) is 0.0335. The second kappa shape index (κ2) is 25.8. The minimum Gasteiger partial charge on any atom is -0.492 e. The lowest BCUT2D eigenvalue weighted by Gasteiger charge is -2.60. The second-order valence-corrected chi connectivity index (χ2v) is 20.2. The van der Waals surface area contributed by atoms with Gasteiger partial charge in [-0.15, -0.1) is 6.58 Å². The summed E-state index contributed by atoms with van der Waals surface area (Å²) in [7, 11) is 0. The highest BCUT2D eigenvalue weighted by Crippen LogP contribution is 2.62. The van der Waals surface area contributed by atoms with Gasteiger partial charge in [0, 0.05) is 70.1 Å². The third-order valence-electron chi connectivity index (χ3n) is 15.3. The number of rotatable bonds is 30. The second-order valence-electron chi connectivity index (χ2n) is 20.2. The fourth-order valence-corrected chi connectivity index (χ4v) is 11.6. The van der Waals surface area contributed by atoms with Crippen LogP contribution in [-0.2, 0) is 25.7 Å². The van der Waals surface area contributed by atoms with E-state index in [4.69, 9.17) is 38.4 Å². The zero-order valence-electron chi connectivity index (χ0n) is 41.5. The number of benzene rings is 2. The smallest absolute Gasteiger partial charge is 0.239 e. The Morgan fingerprint density at radius 2 is 1.68 bits per heavy atom. The van der Waals surface area contributed by atoms with Gasteiger partial charge in [-0.2, -0.15) is 0 Å². The van der Waals surface area contributed by atoms with Gasteiger partial charge in [0.25, 0.3) is 0 Å². The van der Waals surface area contributed by atoms with E-state index in [0.29, 0.717) is 56.1 Å². The van der Waals surface area contributed by atoms with Gasteiger partial charge < -0.3 is 48.4 Å². The van der Waals surface area contributed by atoms with E-state index >= 15 is 4.79 Å². The van der Waals surface area contributed by atoms with Gasteiger partial charge in [-0.3, -0.25) is 9.69 Å². The molecule has 8 rings (SSSR count). The van der Waals surface area contributed by atoms with Crippen molar-refractivity contribution in [3.05, 3.63) is 71.8 Å². The van der Waals surface area contributed by atoms with Gasteiger partial charge in [0.15, 0.2) is 11.5 Å². The van der Waals surface area contributed by atoms with E-state index in [1.54, 1.807) is 6.08 Å². The van der Waals surface area contributed by atoms with E-state index in [0.717, 1.165) is 112 Å². The molecule has 0 aromatic heterocycles. The van der Waals surface area contributed by atoms with E-state index < -0.39 is 24.0 Å². The fraction of sp³-hybridized carbons (Fsp3) is 0.679. The van der Waals surface area contributed by atoms with Gasteiger partial charge in [-0.1, -0.05) is 94.5 Å². The summed E-state index contributed by atoms with van der Waals surface area (Å²) in [5.74, 6) is 1.18. The van der Waals surface area contributed by atoms with Crippen LogP contribution in [0, 0.1) is 17.8 Å². The maximum Gasteiger partial charge on any atom is 0.239 e. The summed E-state index contributed by atoms with van der Waals surface area (Å²) in [5.41, 5.74) is 3.74. The number of carbonyl (C=O) groups is 1. The van der Waals surface area contributed by atoms with Crippen molar-refractivity contribution in [1.82, 2.24) is 9.80 Å². The number of oxime groups is 1. The lowest BCUT2D eigenvalue weighted by Crippen LogP contribution is -2.70. The Bertz CT molecular complexity index is 2020. The van der Waals surface area contributed by atoms with Crippen molar-refractivity contribution >= 4 is 11.6 Å². The molecule has 0 spiro atoms. The molecular formula is C56H81N3O10. The summed E-state index contributed by atoms with van der Waals surface area (Å²) >= 11 is 0. The summed E-state index contributed by atoms with van der Waals surface area (Å²) < 4.78 is 39.0. The molecule has 0 radical (unpaired) electrons. The zero-order chi connectivity index (χ0) is 47.8. The Hall–Kier alpha value is -4.14. The van der Waals surface area contributed by atoms with Crippen LogP contribution in [0.25, 0.3) is 0 Å². The van der Waals surface area contributed by atoms with E-state index in [9.17, 15) is 10.2 Å². The molecule has 13 nitrogen and oxygen atoms in total. The summed E-state index contributed by atoms with van der Waals surface area (Å²) in [5, 5.41) is 25.2. The predicted molar refractivity (Wildman–Crippen MR) is 267 cm³/mol. The third kappa shape index (κ3) is 13.0. The van der Waals surface area contributed by atoms with Crippen molar-refractivity contribution in [1.29, 1.82) is 0 Å². The largest absolute Gasteiger partial charge is 0.492 e. The van der Waals surface area contributed by atoms with Crippen molar-refractivity contribution in [2.45, 2.75) is 166 Å². The molecule has 69 heavy (non-hydrogen) atoms. The van der Waals surface area contributed by atoms with Crippen LogP contribution in [-0.4, -0.2) is 109 Å². The summed E-state index contributed by atoms with van der Waals surface area (Å²) in [4.78, 5) is 26.2. The van der Waals surface area contributed by atoms with Gasteiger partial charge in [0.05, 0.1) is 24.8 Å². The monoisotopic (exact) mass is 956 g/mol. The Labute approximate surface area is 411 Å². The standard InChI is InChI=1S/C56H81N3O10/c1-3-5-6-7-8-9-10-11-12-21-52(62)59(39-41-23-25-49-50(35-41)66-40-65-49)51-38-47(57-69-53-22-15-18-33-64-53)45-36-42(19-13-16-30-60)44(20-14-17-31-61)54-46-37-43(63-34-29-58-27-28-58)24-26-48(46)68-56(51,55(45)54)67-32-4-2/h4,23-26,35-37,42,44,51,53-55,60-61H,2-3,5-22,27-34,38-40H2,1H3. The number of hydrogen-bond acceptors (Lipinski definition) is 12. The number of aliphatic hydroxyl groups is 2. The lowest BCUT2D eigenvalue weighted by molar-refractivity contribution is -0.258. The predicted octanol–water partition coefficient (Wildman–Crippen LogP) is 10.2. The number of amides is 1. The van der Waals surface area contributed by atoms with Crippen LogP contribution in [0.3, 0.4) is 0 Å². The van der Waals surface area contributed by atoms with Gasteiger partial charge >= 0.3 is 0 Å². The van der Waals surface area contributed by atoms with Crippen molar-refractivity contribution < 1.29 is 48.3 Å². The molecule has 0 bridgehead atoms. The van der Waals surface area contributed by atoms with E-state index in [1.807, 2.05) is 35.2 Å². The number of hydrogen-bond donors (Lipinski definition) is 2. The molecular weight excluding hydrogens is 875 g/mol. The van der Waals surface area contributed by atoms with Crippen LogP contribution in [0.15, 0.2) is 65.9 Å². The first-order chi connectivity index (χ1) is 34.0. The van der Waals surface area contributed by atoms with Gasteiger partial charge in [0.2, 0.25) is 24.8 Å². The highest BCUT2D eigenvalue weighted by Gasteiger charge is 2.65. The molecule has 4 aliphatic heterocycles. The van der Waals surface area contributed by atoms with E-state index in [2.05, 4.69) is 30.5 Å². The van der Waals surface area contributed by atoms with Crippen molar-refractivity contribution in [3.63, 3.8) is 0 Å². The van der Waals surface area contributed by atoms with Crippen LogP contribution in [0.2, 0.25) is 0 Å². The first-order valence-corrected chi connectivity index (χ1v) is 26.8. The molecule has 2 aromatic rings. The molecule has 6 aliphatic rings. The molecule has 13 heteroatoms. The molecule has 7 unspecified atom stereocenters. The Morgan fingerprint density at radius 3 is 2.43 bits per heavy atom. The van der Waals surface area contributed by atoms with Gasteiger partial charge in [-0.05, 0) is 98.2 Å². The van der Waals surface area contributed by atoms with Gasteiger partial charge in [-0.25, -0.2) is 0 Å². The average molecular weight is 956 g/mol. The number of ether oxygens (including phenoxy) is 6. The van der Waals surface area contributed by atoms with Crippen LogP contribution in [0.4, 0.5) is 0 Å². The molecule has 3 fully saturated rings. The Morgan fingerprint density at radius 1 is 0.913 bits per heavy atom. The van der Waals surface area contributed by atoms with Crippen molar-refractivity contribution in [2.24, 2.45) is 22.9 Å². The molecule has 2 N–H and O–H groups in total. The number of nitrogens with zero attached hydrogens (tertiary/aromatic N) is 3. The zero-order valence-corrected chi connectivity index (χ0v) is 41.5. The molecule has 2 aliphatic carbocycles. The molecule has 7 atom stereocenters. The maximum absolute atomic E-state index is 15.4. The Balaban J connectivity index is 1.24. The minimum absolute atomic E-state index is 0.0313. The number of allylic oxidation sites excluding steroid dienone is 1. The van der Waals surface area contributed by atoms with Gasteiger partial charge in [0.1, 0.15) is 24.1 Å². The van der Waals surface area contributed by atoms with Crippen LogP contribution < -0.4 is 18.9 Å². The van der Waals surface area contributed by atoms with E-state index in [1.165, 1.54) is 38.5 Å². The number of fused-ring (bicyclic) bond motifs is 3. The SMILES string of the molecule is C=CCOC12Oc3ccc(OCCN4CC4)cc3C3C(CCCCO)C(CCCCO)C=C(C(=NOC4CCCCO4)CC1N(Cc1ccc4c(c1)OCO4)C(=O)CCCCCCCCCCC)C32. The first-order valence-electron chi connectivity index (χ1n) is 26.8. The van der Waals surface area contributed by atoms with Crippen molar-refractivity contribution in [3.8, 4) is 23.0 Å². The van der Waals surface area contributed by atoms with E-state index in [-0.39, 0.29) is 56.8 Å². The summed E-state index contributed by atoms with van der Waals surface area (Å²) in [6, 6.07) is 11.5. The number of unbranched alkanes of at least 4 members (excludes halogenated alkanes) is 10. The van der Waals surface area contributed by atoms with Crippen LogP contribution >= 0.6 is 0 Å².